The molecule has 0 aliphatic carbocycles. The molecule has 0 aromatic carbocycles. The van der Waals surface area contributed by atoms with Crippen LogP contribution in [0.15, 0.2) is 0 Å². The van der Waals surface area contributed by atoms with Gasteiger partial charge < -0.3 is 33.8 Å². The van der Waals surface area contributed by atoms with E-state index in [2.05, 4.69) is 55.4 Å². The van der Waals surface area contributed by atoms with E-state index < -0.39 is 97.5 Å². The molecule has 0 heterocycles. The highest BCUT2D eigenvalue weighted by atomic mass is 31.2. The third-order valence-corrected chi connectivity index (χ3v) is 17.3. The van der Waals surface area contributed by atoms with Gasteiger partial charge in [-0.05, 0) is 49.4 Å². The number of unbranched alkanes of at least 4 members (excludes halogenated alkanes) is 28. The molecule has 85 heavy (non-hydrogen) atoms. The number of aliphatic hydroxyl groups is 1. The Morgan fingerprint density at radius 2 is 0.565 bits per heavy atom. The van der Waals surface area contributed by atoms with Crippen molar-refractivity contribution in [3.8, 4) is 0 Å². The van der Waals surface area contributed by atoms with Crippen LogP contribution >= 0.6 is 15.6 Å². The summed E-state index contributed by atoms with van der Waals surface area (Å²) in [5.74, 6) is 0.787. The zero-order chi connectivity index (χ0) is 63.2. The molecule has 0 amide bonds. The summed E-state index contributed by atoms with van der Waals surface area (Å²) in [7, 11) is -9.89. The fourth-order valence-electron chi connectivity index (χ4n) is 9.75. The third kappa shape index (κ3) is 59.5. The van der Waals surface area contributed by atoms with Gasteiger partial charge in [-0.3, -0.25) is 37.3 Å². The molecule has 0 fully saturated rings. The van der Waals surface area contributed by atoms with Crippen molar-refractivity contribution >= 4 is 39.5 Å². The van der Waals surface area contributed by atoms with E-state index in [0.29, 0.717) is 31.6 Å². The third-order valence-electron chi connectivity index (χ3n) is 15.4. The fourth-order valence-corrected chi connectivity index (χ4v) is 11.3. The van der Waals surface area contributed by atoms with Gasteiger partial charge in [0.25, 0.3) is 0 Å². The van der Waals surface area contributed by atoms with Crippen molar-refractivity contribution in [3.63, 3.8) is 0 Å². The van der Waals surface area contributed by atoms with Gasteiger partial charge in [0.15, 0.2) is 12.2 Å². The van der Waals surface area contributed by atoms with Crippen molar-refractivity contribution in [1.29, 1.82) is 0 Å². The molecule has 0 spiro atoms. The van der Waals surface area contributed by atoms with Gasteiger partial charge in [-0.2, -0.15) is 0 Å². The van der Waals surface area contributed by atoms with Crippen molar-refractivity contribution in [2.24, 2.45) is 23.7 Å². The Kier molecular flexibility index (Phi) is 54.8. The highest BCUT2D eigenvalue weighted by Crippen LogP contribution is 2.45. The standard InChI is InChI=1S/C66H128O17P2/c1-9-59(8)45-37-29-24-25-31-39-47-64(69)77-53-62(83-65(70)48-40-32-21-15-11-10-13-18-26-34-42-56(2)3)55-81-85(74,75)79-51-60(67)50-78-84(72,73)80-54-61(52-76-63(68)46-38-30-23-17-20-28-36-44-58(6)7)82-66(71)49-41-33-22-16-12-14-19-27-35-43-57(4)5/h56-62,67H,9-55H2,1-8H3,(H,72,73)(H,74,75)/t59?,60?,61-,62-/m1/s1. The van der Waals surface area contributed by atoms with Crippen molar-refractivity contribution in [1.82, 2.24) is 0 Å². The number of carbonyl (C=O) groups excluding carboxylic acids is 4. The normalized spacial score (nSPS) is 14.7. The lowest BCUT2D eigenvalue weighted by Crippen LogP contribution is -2.30. The van der Waals surface area contributed by atoms with Crippen LogP contribution in [0.3, 0.4) is 0 Å². The minimum absolute atomic E-state index is 0.104. The molecular formula is C66H128O17P2. The number of hydrogen-bond donors (Lipinski definition) is 3. The lowest BCUT2D eigenvalue weighted by molar-refractivity contribution is -0.161. The summed E-state index contributed by atoms with van der Waals surface area (Å²) in [5.41, 5.74) is 0. The minimum Gasteiger partial charge on any atom is -0.462 e. The zero-order valence-corrected chi connectivity index (χ0v) is 57.0. The first-order valence-corrected chi connectivity index (χ1v) is 37.2. The minimum atomic E-state index is -4.95. The summed E-state index contributed by atoms with van der Waals surface area (Å²) >= 11 is 0. The monoisotopic (exact) mass is 1250 g/mol. The summed E-state index contributed by atoms with van der Waals surface area (Å²) < 4.78 is 68.1. The number of hydrogen-bond acceptors (Lipinski definition) is 15. The molecule has 0 saturated carbocycles. The molecule has 0 saturated heterocycles. The lowest BCUT2D eigenvalue weighted by atomic mass is 10.00. The number of carbonyl (C=O) groups is 4. The van der Waals surface area contributed by atoms with Gasteiger partial charge in [0, 0.05) is 25.7 Å². The number of phosphoric ester groups is 2. The van der Waals surface area contributed by atoms with Crippen LogP contribution in [0.4, 0.5) is 0 Å². The van der Waals surface area contributed by atoms with Crippen LogP contribution in [0.2, 0.25) is 0 Å². The van der Waals surface area contributed by atoms with E-state index in [4.69, 9.17) is 37.0 Å². The van der Waals surface area contributed by atoms with Crippen LogP contribution in [0, 0.1) is 23.7 Å². The number of phosphoric acid groups is 2. The second kappa shape index (κ2) is 56.1. The quantitative estimate of drug-likeness (QED) is 0.0222. The molecular weight excluding hydrogens is 1130 g/mol. The van der Waals surface area contributed by atoms with Gasteiger partial charge in [0.05, 0.1) is 26.4 Å². The molecule has 0 aromatic heterocycles. The molecule has 0 aromatic rings. The van der Waals surface area contributed by atoms with E-state index in [1.807, 2.05) is 0 Å². The summed E-state index contributed by atoms with van der Waals surface area (Å²) in [6.45, 7) is 14.0. The van der Waals surface area contributed by atoms with Gasteiger partial charge in [0.2, 0.25) is 0 Å². The first kappa shape index (κ1) is 83.1. The summed E-state index contributed by atoms with van der Waals surface area (Å²) in [6, 6.07) is 0. The predicted molar refractivity (Wildman–Crippen MR) is 340 cm³/mol. The SMILES string of the molecule is CCC(C)CCCCCCCCC(=O)OC[C@H](COP(=O)(O)OCC(O)COP(=O)(O)OC[C@@H](COC(=O)CCCCCCCCCC(C)C)OC(=O)CCCCCCCCCCCC(C)C)OC(=O)CCCCCCCCCCCCC(C)C. The first-order valence-electron chi connectivity index (χ1n) is 34.2. The fraction of sp³-hybridized carbons (Fsp3) is 0.939. The maximum absolute atomic E-state index is 13.0. The molecule has 0 rings (SSSR count). The van der Waals surface area contributed by atoms with E-state index in [-0.39, 0.29) is 25.7 Å². The highest BCUT2D eigenvalue weighted by Gasteiger charge is 2.30. The topological polar surface area (TPSA) is 237 Å². The Labute approximate surface area is 517 Å². The van der Waals surface area contributed by atoms with Crippen LogP contribution in [-0.2, 0) is 65.4 Å². The average molecular weight is 1260 g/mol. The Morgan fingerprint density at radius 3 is 0.835 bits per heavy atom. The van der Waals surface area contributed by atoms with Gasteiger partial charge >= 0.3 is 39.5 Å². The van der Waals surface area contributed by atoms with Crippen LogP contribution in [0.5, 0.6) is 0 Å². The van der Waals surface area contributed by atoms with Crippen LogP contribution < -0.4 is 0 Å². The Hall–Kier alpha value is -1.94. The molecule has 3 N–H and O–H groups in total. The molecule has 0 aliphatic heterocycles. The smallest absolute Gasteiger partial charge is 0.462 e. The van der Waals surface area contributed by atoms with E-state index in [1.165, 1.54) is 109 Å². The van der Waals surface area contributed by atoms with Crippen molar-refractivity contribution in [2.45, 2.75) is 337 Å². The maximum Gasteiger partial charge on any atom is 0.472 e. The van der Waals surface area contributed by atoms with Gasteiger partial charge in [-0.25, -0.2) is 9.13 Å². The predicted octanol–water partition coefficient (Wildman–Crippen LogP) is 18.1. The molecule has 0 bridgehead atoms. The Bertz CT molecular complexity index is 1700. The first-order chi connectivity index (χ1) is 40.6. The molecule has 4 unspecified atom stereocenters. The van der Waals surface area contributed by atoms with Crippen LogP contribution in [-0.4, -0.2) is 96.7 Å². The molecule has 17 nitrogen and oxygen atoms in total. The largest absolute Gasteiger partial charge is 0.472 e. The Morgan fingerprint density at radius 1 is 0.329 bits per heavy atom. The van der Waals surface area contributed by atoms with E-state index in [1.54, 1.807) is 0 Å². The number of rotatable bonds is 63. The van der Waals surface area contributed by atoms with Crippen LogP contribution in [0.25, 0.3) is 0 Å². The van der Waals surface area contributed by atoms with Crippen molar-refractivity contribution in [2.75, 3.05) is 39.6 Å². The maximum atomic E-state index is 13.0. The lowest BCUT2D eigenvalue weighted by Gasteiger charge is -2.21. The van der Waals surface area contributed by atoms with Gasteiger partial charge in [-0.15, -0.1) is 0 Å². The molecule has 504 valence electrons. The second-order valence-corrected chi connectivity index (χ2v) is 28.4. The molecule has 6 atom stereocenters. The molecule has 19 heteroatoms. The van der Waals surface area contributed by atoms with Gasteiger partial charge in [0.1, 0.15) is 19.3 Å². The van der Waals surface area contributed by atoms with Gasteiger partial charge in [-0.1, -0.05) is 267 Å². The number of ether oxygens (including phenoxy) is 4. The van der Waals surface area contributed by atoms with Crippen LogP contribution in [0.1, 0.15) is 319 Å². The molecule has 0 aliphatic rings. The Balaban J connectivity index is 5.26. The highest BCUT2D eigenvalue weighted by molar-refractivity contribution is 7.47. The summed E-state index contributed by atoms with van der Waals surface area (Å²) in [6.07, 6.45) is 36.3. The van der Waals surface area contributed by atoms with Crippen molar-refractivity contribution in [3.05, 3.63) is 0 Å². The summed E-state index contributed by atoms with van der Waals surface area (Å²) in [5, 5.41) is 10.6. The number of aliphatic hydroxyl groups excluding tert-OH is 1. The van der Waals surface area contributed by atoms with Crippen molar-refractivity contribution < 1.29 is 80.2 Å². The zero-order valence-electron chi connectivity index (χ0n) is 55.2. The van der Waals surface area contributed by atoms with E-state index in [0.717, 1.165) is 120 Å². The second-order valence-electron chi connectivity index (χ2n) is 25.5. The van der Waals surface area contributed by atoms with E-state index in [9.17, 15) is 43.2 Å². The summed E-state index contributed by atoms with van der Waals surface area (Å²) in [4.78, 5) is 72.3. The number of esters is 4. The molecule has 0 radical (unpaired) electrons. The van der Waals surface area contributed by atoms with E-state index >= 15 is 0 Å². The average Bonchev–Trinajstić information content (AvgIpc) is 3.49.